The lowest BCUT2D eigenvalue weighted by Crippen LogP contribution is -2.30. The van der Waals surface area contributed by atoms with Crippen molar-refractivity contribution in [1.29, 1.82) is 0 Å². The first-order chi connectivity index (χ1) is 28.0. The van der Waals surface area contributed by atoms with Gasteiger partial charge in [-0.15, -0.1) is 0 Å². The van der Waals surface area contributed by atoms with Gasteiger partial charge in [-0.25, -0.2) is 4.98 Å². The molecular weight excluding hydrogens is 787 g/mol. The molecule has 13 heteroatoms. The van der Waals surface area contributed by atoms with Gasteiger partial charge in [-0.05, 0) is 145 Å². The van der Waals surface area contributed by atoms with Crippen molar-refractivity contribution in [3.05, 3.63) is 147 Å². The number of nitrogens with one attached hydrogen (secondary N) is 2. The van der Waals surface area contributed by atoms with E-state index in [-0.39, 0.29) is 26.7 Å². The fourth-order valence-electron chi connectivity index (χ4n) is 8.34. The zero-order valence-corrected chi connectivity index (χ0v) is 35.5. The van der Waals surface area contributed by atoms with Crippen LogP contribution in [0.3, 0.4) is 0 Å². The van der Waals surface area contributed by atoms with E-state index in [9.17, 15) is 0 Å². The van der Waals surface area contributed by atoms with Crippen molar-refractivity contribution in [3.8, 4) is 0 Å². The van der Waals surface area contributed by atoms with E-state index >= 15 is 0 Å². The molecule has 10 nitrogen and oxygen atoms in total. The Hall–Kier alpha value is -5.03. The van der Waals surface area contributed by atoms with Crippen LogP contribution >= 0.6 is 34.8 Å². The summed E-state index contributed by atoms with van der Waals surface area (Å²) in [6, 6.07) is 34.6. The lowest BCUT2D eigenvalue weighted by molar-refractivity contribution is 0.346. The highest BCUT2D eigenvalue weighted by atomic mass is 35.5. The van der Waals surface area contributed by atoms with E-state index in [0.29, 0.717) is 5.95 Å². The maximum atomic E-state index is 5.84. The minimum Gasteiger partial charge on any atom is -0.399 e. The lowest BCUT2D eigenvalue weighted by atomic mass is 9.65. The van der Waals surface area contributed by atoms with Crippen molar-refractivity contribution in [2.45, 2.75) is 88.9 Å². The van der Waals surface area contributed by atoms with Crippen molar-refractivity contribution >= 4 is 63.5 Å². The SMILES string of the molecule is CNc1ccc(C2(c3ccc(Nc4nc(C)nc(C)n4)cc3)CCCCC2)cc1.Clc1nc(Cl)nc(Cl)n1.Nc1ccc(C2(c3ccc(N)cc3)CCCCC2)cc1. The molecule has 6 N–H and O–H groups in total. The van der Waals surface area contributed by atoms with Crippen molar-refractivity contribution in [2.24, 2.45) is 0 Å². The van der Waals surface area contributed by atoms with E-state index < -0.39 is 0 Å². The minimum absolute atomic E-state index is 0.000000000000000444. The van der Waals surface area contributed by atoms with E-state index in [1.54, 1.807) is 0 Å². The van der Waals surface area contributed by atoms with Crippen LogP contribution in [0.25, 0.3) is 0 Å². The topological polar surface area (TPSA) is 153 Å². The molecule has 0 aliphatic heterocycles. The van der Waals surface area contributed by atoms with Crippen molar-refractivity contribution in [1.82, 2.24) is 29.9 Å². The summed E-state index contributed by atoms with van der Waals surface area (Å²) in [5.41, 5.74) is 21.3. The van der Waals surface area contributed by atoms with Gasteiger partial charge in [0.15, 0.2) is 0 Å². The van der Waals surface area contributed by atoms with Gasteiger partial charge in [-0.3, -0.25) is 0 Å². The maximum Gasteiger partial charge on any atom is 0.230 e. The van der Waals surface area contributed by atoms with Gasteiger partial charge in [0.2, 0.25) is 21.8 Å². The Kier molecular flexibility index (Phi) is 14.4. The number of rotatable bonds is 7. The number of hydrogen-bond donors (Lipinski definition) is 4. The molecule has 2 aliphatic carbocycles. The number of halogens is 3. The molecule has 2 heterocycles. The molecule has 2 aliphatic rings. The van der Waals surface area contributed by atoms with E-state index in [0.717, 1.165) is 34.4 Å². The number of nitrogens with two attached hydrogens (primary N) is 2. The lowest BCUT2D eigenvalue weighted by Gasteiger charge is -2.39. The Balaban J connectivity index is 0.000000168. The van der Waals surface area contributed by atoms with Crippen LogP contribution in [0.4, 0.5) is 28.7 Å². The number of nitrogens with zero attached hydrogens (tertiary/aromatic N) is 6. The molecule has 0 spiro atoms. The first-order valence-electron chi connectivity index (χ1n) is 19.8. The molecule has 302 valence electrons. The van der Waals surface area contributed by atoms with Crippen LogP contribution in [0.5, 0.6) is 0 Å². The molecule has 2 saturated carbocycles. The molecule has 0 saturated heterocycles. The Morgan fingerprint density at radius 1 is 0.448 bits per heavy atom. The average molecular weight is 838 g/mol. The van der Waals surface area contributed by atoms with Gasteiger partial charge in [0.05, 0.1) is 0 Å². The molecule has 0 unspecified atom stereocenters. The third-order valence-electron chi connectivity index (χ3n) is 11.2. The third-order valence-corrected chi connectivity index (χ3v) is 11.7. The second-order valence-electron chi connectivity index (χ2n) is 15.0. The van der Waals surface area contributed by atoms with Gasteiger partial charge >= 0.3 is 0 Å². The van der Waals surface area contributed by atoms with Gasteiger partial charge in [-0.2, -0.15) is 24.9 Å². The van der Waals surface area contributed by atoms with Gasteiger partial charge in [0.25, 0.3) is 0 Å². The summed E-state index contributed by atoms with van der Waals surface area (Å²) in [7, 11) is 1.96. The van der Waals surface area contributed by atoms with Crippen molar-refractivity contribution < 1.29 is 0 Å². The standard InChI is InChI=1S/C24H29N5.C18H22N2.C3Cl3N3/c1-17-26-18(2)28-23(27-17)29-22-13-9-20(10-14-22)24(15-5-4-6-16-24)19-7-11-21(25-3)12-8-19;19-16-8-4-14(5-9-16)18(12-2-1-3-13-18)15-6-10-17(20)11-7-15;4-1-7-2(5)9-3(6)8-1/h7-14,25H,4-6,15-16H2,1-3H3,(H,26,27,28,29);4-11H,1-3,12-13,19-20H2;. The number of nitrogen functional groups attached to an aromatic ring is 2. The first kappa shape index (κ1) is 42.6. The van der Waals surface area contributed by atoms with Crippen LogP contribution in [0.1, 0.15) is 98.1 Å². The van der Waals surface area contributed by atoms with E-state index in [1.807, 2.05) is 45.2 Å². The van der Waals surface area contributed by atoms with Gasteiger partial charge in [0.1, 0.15) is 11.6 Å². The monoisotopic (exact) mass is 836 g/mol. The van der Waals surface area contributed by atoms with Gasteiger partial charge in [0, 0.05) is 40.6 Å². The number of aryl methyl sites for hydroxylation is 2. The molecule has 0 radical (unpaired) electrons. The largest absolute Gasteiger partial charge is 0.399 e. The summed E-state index contributed by atoms with van der Waals surface area (Å²) in [5.74, 6) is 2.04. The third kappa shape index (κ3) is 10.7. The van der Waals surface area contributed by atoms with Crippen LogP contribution in [-0.4, -0.2) is 37.0 Å². The molecular formula is C45H51Cl3N10. The summed E-state index contributed by atoms with van der Waals surface area (Å²) < 4.78 is 0. The Morgan fingerprint density at radius 3 is 1.12 bits per heavy atom. The molecule has 8 rings (SSSR count). The summed E-state index contributed by atoms with van der Waals surface area (Å²) in [5, 5.41) is 6.54. The Morgan fingerprint density at radius 2 is 0.776 bits per heavy atom. The second-order valence-corrected chi connectivity index (χ2v) is 16.0. The van der Waals surface area contributed by atoms with Crippen molar-refractivity contribution in [3.63, 3.8) is 0 Å². The molecule has 4 aromatic carbocycles. The zero-order valence-electron chi connectivity index (χ0n) is 33.3. The second kappa shape index (κ2) is 19.6. The summed E-state index contributed by atoms with van der Waals surface area (Å²) in [6.07, 6.45) is 12.6. The number of hydrogen-bond acceptors (Lipinski definition) is 10. The highest BCUT2D eigenvalue weighted by molar-refractivity contribution is 6.33. The zero-order chi connectivity index (χ0) is 41.1. The molecule has 0 atom stereocenters. The predicted molar refractivity (Wildman–Crippen MR) is 239 cm³/mol. The maximum absolute atomic E-state index is 5.84. The fourth-order valence-corrected chi connectivity index (χ4v) is 8.95. The molecule has 2 aromatic heterocycles. The summed E-state index contributed by atoms with van der Waals surface area (Å²) >= 11 is 16.0. The van der Waals surface area contributed by atoms with Gasteiger partial charge < -0.3 is 22.1 Å². The average Bonchev–Trinajstić information content (AvgIpc) is 3.22. The highest BCUT2D eigenvalue weighted by Crippen LogP contribution is 2.46. The predicted octanol–water partition coefficient (Wildman–Crippen LogP) is 11.5. The van der Waals surface area contributed by atoms with Crippen LogP contribution in [-0.2, 0) is 10.8 Å². The Bertz CT molecular complexity index is 2100. The molecule has 0 amide bonds. The van der Waals surface area contributed by atoms with Crippen LogP contribution in [0.2, 0.25) is 15.9 Å². The molecule has 0 bridgehead atoms. The first-order valence-corrected chi connectivity index (χ1v) is 20.9. The van der Waals surface area contributed by atoms with Crippen LogP contribution in [0, 0.1) is 13.8 Å². The number of anilines is 5. The molecule has 6 aromatic rings. The molecule has 2 fully saturated rings. The summed E-state index contributed by atoms with van der Waals surface area (Å²) in [4.78, 5) is 23.4. The van der Waals surface area contributed by atoms with E-state index in [2.05, 4.69) is 113 Å². The van der Waals surface area contributed by atoms with E-state index in [4.69, 9.17) is 46.3 Å². The van der Waals surface area contributed by atoms with Crippen LogP contribution < -0.4 is 22.1 Å². The quantitative estimate of drug-likeness (QED) is 0.114. The van der Waals surface area contributed by atoms with Gasteiger partial charge in [-0.1, -0.05) is 87.1 Å². The fraction of sp³-hybridized carbons (Fsp3) is 0.333. The van der Waals surface area contributed by atoms with Crippen molar-refractivity contribution in [2.75, 3.05) is 29.1 Å². The normalized spacial score (nSPS) is 15.5. The summed E-state index contributed by atoms with van der Waals surface area (Å²) in [6.45, 7) is 3.77. The van der Waals surface area contributed by atoms with Crippen LogP contribution in [0.15, 0.2) is 97.1 Å². The minimum atomic E-state index is 0.000000000000000444. The smallest absolute Gasteiger partial charge is 0.230 e. The highest BCUT2D eigenvalue weighted by Gasteiger charge is 2.36. The van der Waals surface area contributed by atoms with E-state index in [1.165, 1.54) is 86.5 Å². The number of benzene rings is 4. The number of aromatic nitrogens is 6. The Labute approximate surface area is 356 Å². The molecule has 58 heavy (non-hydrogen) atoms.